The van der Waals surface area contributed by atoms with E-state index in [0.29, 0.717) is 12.8 Å². The summed E-state index contributed by atoms with van der Waals surface area (Å²) in [5, 5.41) is 97.3. The van der Waals surface area contributed by atoms with E-state index in [9.17, 15) is 55.5 Å². The zero-order chi connectivity index (χ0) is 46.9. The maximum Gasteiger partial charge on any atom is 0.335 e. The molecule has 64 heavy (non-hydrogen) atoms. The van der Waals surface area contributed by atoms with Gasteiger partial charge >= 0.3 is 5.97 Å². The Balaban J connectivity index is 1.06. The van der Waals surface area contributed by atoms with Gasteiger partial charge in [-0.25, -0.2) is 4.79 Å². The molecule has 0 aromatic rings. The molecule has 8 aliphatic rings. The Labute approximate surface area is 375 Å². The maximum atomic E-state index is 14.0. The molecule has 5 aliphatic carbocycles. The number of carbonyl (C=O) groups excluding carboxylic acids is 1. The number of fused-ring (bicyclic) bond motifs is 7. The van der Waals surface area contributed by atoms with Crippen LogP contribution < -0.4 is 0 Å². The van der Waals surface area contributed by atoms with E-state index in [2.05, 4.69) is 40.7 Å². The molecule has 0 bridgehead atoms. The van der Waals surface area contributed by atoms with Crippen LogP contribution in [-0.2, 0) is 38.0 Å². The zero-order valence-electron chi connectivity index (χ0n) is 38.5. The predicted octanol–water partition coefficient (Wildman–Crippen LogP) is 1.55. The summed E-state index contributed by atoms with van der Waals surface area (Å²) in [6, 6.07) is 0. The highest BCUT2D eigenvalue weighted by atomic mass is 16.8. The van der Waals surface area contributed by atoms with E-state index >= 15 is 0 Å². The van der Waals surface area contributed by atoms with Crippen molar-refractivity contribution in [2.75, 3.05) is 6.61 Å². The minimum absolute atomic E-state index is 0.0000364. The molecule has 0 spiro atoms. The molecular formula is C47H74O17. The molecule has 364 valence electrons. The molecule has 0 radical (unpaired) electrons. The maximum absolute atomic E-state index is 14.0. The second kappa shape index (κ2) is 16.8. The predicted molar refractivity (Wildman–Crippen MR) is 224 cm³/mol. The van der Waals surface area contributed by atoms with Gasteiger partial charge in [-0.1, -0.05) is 60.1 Å². The highest BCUT2D eigenvalue weighted by Crippen LogP contribution is 2.75. The molecule has 17 heteroatoms. The summed E-state index contributed by atoms with van der Waals surface area (Å²) in [6.45, 7) is 16.6. The average molecular weight is 911 g/mol. The van der Waals surface area contributed by atoms with E-state index in [0.717, 1.165) is 44.9 Å². The van der Waals surface area contributed by atoms with Gasteiger partial charge in [-0.3, -0.25) is 0 Å². The first kappa shape index (κ1) is 48.8. The van der Waals surface area contributed by atoms with Crippen molar-refractivity contribution in [1.29, 1.82) is 0 Å². The molecule has 7 fully saturated rings. The first-order valence-corrected chi connectivity index (χ1v) is 23.5. The SMILES string of the molecule is C[C@@H]1O[C@@H](O[C@H]2[C@H](O[C@H]3[C@H](O[C@H]4CC[C@@]5(C=O)[C@H](CC[C@]6(C)[C@H]5CC=C5[C@@H]7CC(C)(C)C[C@@H](O)[C@]7(C)CC[C@]56C)C4(C)C)O[C@H](C(=O)O)[C@@H](O)[C@@H]3O)OC[C@@H](O)[C@@H]2O)[C@H](O)[C@H](O)[C@H]1O. The Morgan fingerprint density at radius 2 is 1.39 bits per heavy atom. The molecular weight excluding hydrogens is 837 g/mol. The number of carboxylic acid groups (broad SMARTS) is 1. The average Bonchev–Trinajstić information content (AvgIpc) is 3.22. The monoisotopic (exact) mass is 910 g/mol. The van der Waals surface area contributed by atoms with Gasteiger partial charge in [0, 0.05) is 10.8 Å². The number of hydrogen-bond donors (Lipinski definition) is 9. The van der Waals surface area contributed by atoms with Crippen molar-refractivity contribution in [2.45, 2.75) is 211 Å². The fraction of sp³-hybridized carbons (Fsp3) is 0.915. The van der Waals surface area contributed by atoms with Crippen molar-refractivity contribution in [3.63, 3.8) is 0 Å². The first-order chi connectivity index (χ1) is 29.8. The molecule has 3 heterocycles. The van der Waals surface area contributed by atoms with Crippen LogP contribution in [0.25, 0.3) is 0 Å². The van der Waals surface area contributed by atoms with E-state index in [1.807, 2.05) is 13.8 Å². The topological polar surface area (TPSA) is 272 Å². The van der Waals surface area contributed by atoms with Gasteiger partial charge in [0.15, 0.2) is 25.0 Å². The van der Waals surface area contributed by atoms with Gasteiger partial charge in [-0.15, -0.1) is 0 Å². The van der Waals surface area contributed by atoms with Gasteiger partial charge in [-0.2, -0.15) is 0 Å². The molecule has 0 aromatic carbocycles. The molecule has 8 rings (SSSR count). The smallest absolute Gasteiger partial charge is 0.335 e. The van der Waals surface area contributed by atoms with Crippen LogP contribution in [0.3, 0.4) is 0 Å². The lowest BCUT2D eigenvalue weighted by molar-refractivity contribution is -0.386. The Morgan fingerprint density at radius 3 is 2.06 bits per heavy atom. The van der Waals surface area contributed by atoms with Crippen LogP contribution in [0.2, 0.25) is 0 Å². The second-order valence-electron chi connectivity index (χ2n) is 23.0. The van der Waals surface area contributed by atoms with Gasteiger partial charge in [-0.05, 0) is 104 Å². The van der Waals surface area contributed by atoms with Gasteiger partial charge in [0.1, 0.15) is 61.2 Å². The molecule has 17 nitrogen and oxygen atoms in total. The van der Waals surface area contributed by atoms with Crippen LogP contribution in [-0.4, -0.2) is 163 Å². The van der Waals surface area contributed by atoms with Crippen LogP contribution in [0, 0.1) is 50.2 Å². The molecule has 0 amide bonds. The fourth-order valence-corrected chi connectivity index (χ4v) is 14.6. The van der Waals surface area contributed by atoms with E-state index < -0.39 is 116 Å². The second-order valence-corrected chi connectivity index (χ2v) is 23.0. The van der Waals surface area contributed by atoms with Crippen molar-refractivity contribution in [1.82, 2.24) is 0 Å². The Hall–Kier alpha value is -1.68. The molecule has 0 aromatic heterocycles. The number of aliphatic hydroxyl groups is 8. The van der Waals surface area contributed by atoms with Gasteiger partial charge in [0.2, 0.25) is 0 Å². The lowest BCUT2D eigenvalue weighted by atomic mass is 9.33. The number of ether oxygens (including phenoxy) is 6. The standard InChI is InChI=1S/C47H74O17/c1-21-29(51)31(53)34(56)39(60-21)63-36-30(52)24(49)19-59-40(36)64-37-33(55)32(54)35(38(57)58)62-41(37)61-28-12-14-47(20-48)25(43(28,4)5)11-13-46(8)26(47)10-9-22-23-17-42(2,3)18-27(50)44(23,6)15-16-45(22,46)7/h9,20-21,23-37,39-41,49-56H,10-19H2,1-8H3,(H,57,58)/t21-,23-,24+,25+,26+,27+,28-,29-,30-,31+,32-,33-,34+,35-,36+,37+,39-,40-,41+,44+,45+,46+,47+/m0/s1. The lowest BCUT2D eigenvalue weighted by Crippen LogP contribution is -2.68. The number of rotatable bonds is 8. The third kappa shape index (κ3) is 7.40. The van der Waals surface area contributed by atoms with Crippen molar-refractivity contribution in [3.05, 3.63) is 11.6 Å². The van der Waals surface area contributed by atoms with Gasteiger partial charge < -0.3 is 79.2 Å². The molecule has 23 atom stereocenters. The summed E-state index contributed by atoms with van der Waals surface area (Å²) in [5.41, 5.74) is -0.586. The number of carbonyl (C=O) groups is 2. The van der Waals surface area contributed by atoms with Gasteiger partial charge in [0.25, 0.3) is 0 Å². The fourth-order valence-electron chi connectivity index (χ4n) is 14.6. The number of hydrogen-bond acceptors (Lipinski definition) is 16. The minimum atomic E-state index is -2.01. The van der Waals surface area contributed by atoms with E-state index in [1.165, 1.54) is 18.8 Å². The molecule has 9 N–H and O–H groups in total. The Morgan fingerprint density at radius 1 is 0.719 bits per heavy atom. The highest BCUT2D eigenvalue weighted by molar-refractivity contribution is 5.73. The Kier molecular flexibility index (Phi) is 12.8. The summed E-state index contributed by atoms with van der Waals surface area (Å²) in [6.07, 6.45) is -14.0. The summed E-state index contributed by atoms with van der Waals surface area (Å²) in [7, 11) is 0. The molecule has 0 unspecified atom stereocenters. The minimum Gasteiger partial charge on any atom is -0.479 e. The van der Waals surface area contributed by atoms with Gasteiger partial charge in [0.05, 0.1) is 24.9 Å². The van der Waals surface area contributed by atoms with Crippen LogP contribution in [0.15, 0.2) is 11.6 Å². The number of aliphatic carboxylic acids is 1. The number of aldehydes is 1. The van der Waals surface area contributed by atoms with Crippen molar-refractivity contribution >= 4 is 12.3 Å². The van der Waals surface area contributed by atoms with Crippen molar-refractivity contribution in [2.24, 2.45) is 50.2 Å². The van der Waals surface area contributed by atoms with Crippen molar-refractivity contribution in [3.8, 4) is 0 Å². The van der Waals surface area contributed by atoms with Crippen LogP contribution >= 0.6 is 0 Å². The largest absolute Gasteiger partial charge is 0.479 e. The summed E-state index contributed by atoms with van der Waals surface area (Å²) in [5.74, 6) is -1.46. The van der Waals surface area contributed by atoms with Crippen LogP contribution in [0.5, 0.6) is 0 Å². The number of carboxylic acids is 1. The van der Waals surface area contributed by atoms with Crippen LogP contribution in [0.4, 0.5) is 0 Å². The summed E-state index contributed by atoms with van der Waals surface area (Å²) in [4.78, 5) is 26.4. The number of aliphatic hydroxyl groups excluding tert-OH is 8. The zero-order valence-corrected chi connectivity index (χ0v) is 38.5. The Bertz CT molecular complexity index is 1790. The molecule has 4 saturated carbocycles. The summed E-state index contributed by atoms with van der Waals surface area (Å²) >= 11 is 0. The highest BCUT2D eigenvalue weighted by Gasteiger charge is 2.70. The normalized spacial score (nSPS) is 54.6. The summed E-state index contributed by atoms with van der Waals surface area (Å²) < 4.78 is 36.0. The third-order valence-electron chi connectivity index (χ3n) is 18.8. The quantitative estimate of drug-likeness (QED) is 0.0950. The third-order valence-corrected chi connectivity index (χ3v) is 18.8. The van der Waals surface area contributed by atoms with Crippen molar-refractivity contribution < 1.29 is 84.0 Å². The van der Waals surface area contributed by atoms with Crippen LogP contribution in [0.1, 0.15) is 113 Å². The van der Waals surface area contributed by atoms with E-state index in [4.69, 9.17) is 28.4 Å². The van der Waals surface area contributed by atoms with E-state index in [1.54, 1.807) is 0 Å². The molecule has 3 aliphatic heterocycles. The molecule has 3 saturated heterocycles. The lowest BCUT2D eigenvalue weighted by Gasteiger charge is -2.71. The first-order valence-electron chi connectivity index (χ1n) is 23.5. The number of allylic oxidation sites excluding steroid dienone is 2. The van der Waals surface area contributed by atoms with E-state index in [-0.39, 0.29) is 45.5 Å².